The number of rotatable bonds is 4. The first-order valence-electron chi connectivity index (χ1n) is 9.83. The molecule has 0 unspecified atom stereocenters. The van der Waals surface area contributed by atoms with Crippen LogP contribution < -0.4 is 5.32 Å². The van der Waals surface area contributed by atoms with Crippen molar-refractivity contribution in [2.75, 3.05) is 13.1 Å². The van der Waals surface area contributed by atoms with Gasteiger partial charge in [-0.1, -0.05) is 6.92 Å². The first-order valence-corrected chi connectivity index (χ1v) is 9.83. The molecule has 3 rings (SSSR count). The smallest absolute Gasteiger partial charge is 0.125 e. The Morgan fingerprint density at radius 3 is 2.38 bits per heavy atom. The number of hydrogen-bond acceptors (Lipinski definition) is 4. The van der Waals surface area contributed by atoms with Crippen LogP contribution in [0.2, 0.25) is 0 Å². The van der Waals surface area contributed by atoms with Gasteiger partial charge >= 0.3 is 0 Å². The first-order chi connectivity index (χ1) is 11.5. The number of aromatic nitrogens is 2. The maximum atomic E-state index is 4.51. The van der Waals surface area contributed by atoms with Gasteiger partial charge in [-0.05, 0) is 78.3 Å². The van der Waals surface area contributed by atoms with E-state index >= 15 is 0 Å². The molecule has 1 atom stereocenters. The molecule has 0 radical (unpaired) electrons. The Labute approximate surface area is 147 Å². The van der Waals surface area contributed by atoms with Crippen LogP contribution in [0.1, 0.15) is 75.5 Å². The normalized spacial score (nSPS) is 28.0. The molecular weight excluding hydrogens is 296 g/mol. The van der Waals surface area contributed by atoms with Crippen molar-refractivity contribution in [3.63, 3.8) is 0 Å². The minimum Gasteiger partial charge on any atom is -0.307 e. The van der Waals surface area contributed by atoms with Gasteiger partial charge < -0.3 is 10.2 Å². The maximum absolute atomic E-state index is 4.51. The SMILES string of the molecule is Cc1ncc([C@@H](C)NC2CCC(N3CCC(C)CC3)CC2)c(C)n1. The second kappa shape index (κ2) is 7.92. The van der Waals surface area contributed by atoms with Crippen molar-refractivity contribution in [2.24, 2.45) is 5.92 Å². The van der Waals surface area contributed by atoms with Crippen molar-refractivity contribution in [1.82, 2.24) is 20.2 Å². The van der Waals surface area contributed by atoms with Crippen molar-refractivity contribution in [2.45, 2.75) is 84.3 Å². The zero-order valence-corrected chi connectivity index (χ0v) is 15.9. The number of nitrogens with zero attached hydrogens (tertiary/aromatic N) is 3. The van der Waals surface area contributed by atoms with Crippen LogP contribution in [0.3, 0.4) is 0 Å². The van der Waals surface area contributed by atoms with E-state index in [9.17, 15) is 0 Å². The zero-order chi connectivity index (χ0) is 17.1. The fourth-order valence-corrected chi connectivity index (χ4v) is 4.46. The highest BCUT2D eigenvalue weighted by atomic mass is 15.2. The molecule has 1 saturated carbocycles. The van der Waals surface area contributed by atoms with E-state index < -0.39 is 0 Å². The summed E-state index contributed by atoms with van der Waals surface area (Å²) in [5.41, 5.74) is 2.35. The van der Waals surface area contributed by atoms with Gasteiger partial charge in [0, 0.05) is 35.6 Å². The molecule has 4 nitrogen and oxygen atoms in total. The summed E-state index contributed by atoms with van der Waals surface area (Å²) < 4.78 is 0. The van der Waals surface area contributed by atoms with Gasteiger partial charge in [0.2, 0.25) is 0 Å². The fraction of sp³-hybridized carbons (Fsp3) is 0.800. The third-order valence-corrected chi connectivity index (χ3v) is 6.12. The molecule has 1 aliphatic heterocycles. The molecule has 2 heterocycles. The summed E-state index contributed by atoms with van der Waals surface area (Å²) in [7, 11) is 0. The van der Waals surface area contributed by atoms with E-state index in [4.69, 9.17) is 0 Å². The van der Waals surface area contributed by atoms with Gasteiger partial charge in [-0.15, -0.1) is 0 Å². The molecule has 2 aliphatic rings. The minimum absolute atomic E-state index is 0.336. The Kier molecular flexibility index (Phi) is 5.88. The molecule has 4 heteroatoms. The molecular formula is C20H34N4. The van der Waals surface area contributed by atoms with Gasteiger partial charge in [0.1, 0.15) is 5.82 Å². The monoisotopic (exact) mass is 330 g/mol. The summed E-state index contributed by atoms with van der Waals surface area (Å²) in [6.45, 7) is 11.3. The van der Waals surface area contributed by atoms with Crippen LogP contribution in [0.4, 0.5) is 0 Å². The van der Waals surface area contributed by atoms with Crippen LogP contribution in [0, 0.1) is 19.8 Å². The number of likely N-dealkylation sites (tertiary alicyclic amines) is 1. The predicted molar refractivity (Wildman–Crippen MR) is 99.1 cm³/mol. The lowest BCUT2D eigenvalue weighted by Gasteiger charge is -2.41. The number of nitrogens with one attached hydrogen (secondary N) is 1. The highest BCUT2D eigenvalue weighted by Gasteiger charge is 2.28. The van der Waals surface area contributed by atoms with Crippen LogP contribution in [0.25, 0.3) is 0 Å². The van der Waals surface area contributed by atoms with Gasteiger partial charge in [-0.2, -0.15) is 0 Å². The van der Waals surface area contributed by atoms with E-state index in [0.717, 1.165) is 23.5 Å². The first kappa shape index (κ1) is 17.8. The highest BCUT2D eigenvalue weighted by molar-refractivity contribution is 5.19. The van der Waals surface area contributed by atoms with Gasteiger partial charge in [-0.3, -0.25) is 0 Å². The highest BCUT2D eigenvalue weighted by Crippen LogP contribution is 2.28. The average molecular weight is 331 g/mol. The Hall–Kier alpha value is -1.00. The van der Waals surface area contributed by atoms with E-state index in [1.165, 1.54) is 57.2 Å². The molecule has 24 heavy (non-hydrogen) atoms. The molecule has 0 spiro atoms. The number of hydrogen-bond donors (Lipinski definition) is 1. The Balaban J connectivity index is 1.48. The summed E-state index contributed by atoms with van der Waals surface area (Å²) in [6.07, 6.45) is 10.1. The van der Waals surface area contributed by atoms with Crippen molar-refractivity contribution in [1.29, 1.82) is 0 Å². The topological polar surface area (TPSA) is 41.1 Å². The third kappa shape index (κ3) is 4.34. The summed E-state index contributed by atoms with van der Waals surface area (Å²) in [4.78, 5) is 11.6. The van der Waals surface area contributed by atoms with Gasteiger partial charge in [0.05, 0.1) is 0 Å². The van der Waals surface area contributed by atoms with Gasteiger partial charge in [0.25, 0.3) is 0 Å². The molecule has 1 aromatic heterocycles. The van der Waals surface area contributed by atoms with Crippen molar-refractivity contribution < 1.29 is 0 Å². The van der Waals surface area contributed by atoms with Crippen LogP contribution in [0.15, 0.2) is 6.20 Å². The lowest BCUT2D eigenvalue weighted by atomic mass is 9.87. The van der Waals surface area contributed by atoms with Gasteiger partial charge in [0.15, 0.2) is 0 Å². The molecule has 2 fully saturated rings. The summed E-state index contributed by atoms with van der Waals surface area (Å²) in [6, 6.07) is 1.80. The second-order valence-electron chi connectivity index (χ2n) is 8.07. The number of piperidine rings is 1. The van der Waals surface area contributed by atoms with E-state index in [2.05, 4.69) is 41.0 Å². The molecule has 0 aromatic carbocycles. The predicted octanol–water partition coefficient (Wildman–Crippen LogP) is 3.79. The molecule has 1 N–H and O–H groups in total. The Morgan fingerprint density at radius 2 is 1.75 bits per heavy atom. The van der Waals surface area contributed by atoms with E-state index in [1.807, 2.05) is 13.1 Å². The largest absolute Gasteiger partial charge is 0.307 e. The summed E-state index contributed by atoms with van der Waals surface area (Å²) >= 11 is 0. The fourth-order valence-electron chi connectivity index (χ4n) is 4.46. The van der Waals surface area contributed by atoms with E-state index in [1.54, 1.807) is 0 Å². The molecule has 1 aliphatic carbocycles. The number of aryl methyl sites for hydroxylation is 2. The molecule has 1 aromatic rings. The standard InChI is InChI=1S/C20H34N4/c1-14-9-11-24(12-10-14)19-7-5-18(6-8-19)23-16(3)20-13-21-17(4)22-15(20)2/h13-14,16,18-19,23H,5-12H2,1-4H3/t16-,18?,19?/m1/s1. The quantitative estimate of drug-likeness (QED) is 0.912. The van der Waals surface area contributed by atoms with Crippen molar-refractivity contribution in [3.05, 3.63) is 23.3 Å². The lowest BCUT2D eigenvalue weighted by Crippen LogP contribution is -2.45. The molecule has 0 bridgehead atoms. The maximum Gasteiger partial charge on any atom is 0.125 e. The average Bonchev–Trinajstić information content (AvgIpc) is 2.56. The molecule has 134 valence electrons. The van der Waals surface area contributed by atoms with Crippen molar-refractivity contribution in [3.8, 4) is 0 Å². The molecule has 1 saturated heterocycles. The van der Waals surface area contributed by atoms with Crippen LogP contribution in [0.5, 0.6) is 0 Å². The van der Waals surface area contributed by atoms with Crippen LogP contribution in [-0.2, 0) is 0 Å². The van der Waals surface area contributed by atoms with E-state index in [-0.39, 0.29) is 0 Å². The van der Waals surface area contributed by atoms with Crippen molar-refractivity contribution >= 4 is 0 Å². The van der Waals surface area contributed by atoms with Crippen LogP contribution in [-0.4, -0.2) is 40.0 Å². The van der Waals surface area contributed by atoms with E-state index in [0.29, 0.717) is 12.1 Å². The van der Waals surface area contributed by atoms with Crippen LogP contribution >= 0.6 is 0 Å². The summed E-state index contributed by atoms with van der Waals surface area (Å²) in [5, 5.41) is 3.83. The Morgan fingerprint density at radius 1 is 1.08 bits per heavy atom. The third-order valence-electron chi connectivity index (χ3n) is 6.12. The van der Waals surface area contributed by atoms with Gasteiger partial charge in [-0.25, -0.2) is 9.97 Å². The molecule has 0 amide bonds. The summed E-state index contributed by atoms with van der Waals surface area (Å²) in [5.74, 6) is 1.79. The lowest BCUT2D eigenvalue weighted by molar-refractivity contribution is 0.102. The zero-order valence-electron chi connectivity index (χ0n) is 15.9. The minimum atomic E-state index is 0.336. The second-order valence-corrected chi connectivity index (χ2v) is 8.07. The Bertz CT molecular complexity index is 528.